The van der Waals surface area contributed by atoms with Crippen LogP contribution in [-0.4, -0.2) is 17.5 Å². The zero-order valence-corrected chi connectivity index (χ0v) is 13.0. The van der Waals surface area contributed by atoms with E-state index in [1.54, 1.807) is 30.5 Å². The largest absolute Gasteiger partial charge is 0.482 e. The summed E-state index contributed by atoms with van der Waals surface area (Å²) < 4.78 is 6.21. The minimum absolute atomic E-state index is 0.128. The molecule has 2 aromatic rings. The van der Waals surface area contributed by atoms with Gasteiger partial charge in [-0.1, -0.05) is 27.5 Å². The molecule has 0 saturated carbocycles. The molecule has 0 bridgehead atoms. The first-order chi connectivity index (χ1) is 9.54. The predicted molar refractivity (Wildman–Crippen MR) is 82.3 cm³/mol. The van der Waals surface area contributed by atoms with Crippen molar-refractivity contribution in [1.82, 2.24) is 4.98 Å². The first-order valence-electron chi connectivity index (χ1n) is 5.85. The molecule has 0 radical (unpaired) electrons. The number of pyridine rings is 1. The first kappa shape index (κ1) is 14.8. The summed E-state index contributed by atoms with van der Waals surface area (Å²) in [5, 5.41) is 3.10. The van der Waals surface area contributed by atoms with Crippen LogP contribution in [0.2, 0.25) is 5.02 Å². The summed E-state index contributed by atoms with van der Waals surface area (Å²) in [5.41, 5.74) is 1.02. The average Bonchev–Trinajstić information content (AvgIpc) is 2.37. The van der Waals surface area contributed by atoms with Gasteiger partial charge in [0.25, 0.3) is 5.91 Å². The Balaban J connectivity index is 1.92. The zero-order chi connectivity index (χ0) is 14.5. The van der Waals surface area contributed by atoms with Crippen molar-refractivity contribution in [3.05, 3.63) is 51.6 Å². The van der Waals surface area contributed by atoms with E-state index in [0.717, 1.165) is 10.0 Å². The van der Waals surface area contributed by atoms with E-state index in [9.17, 15) is 4.79 Å². The van der Waals surface area contributed by atoms with Crippen LogP contribution in [0.15, 0.2) is 41.0 Å². The number of rotatable bonds is 4. The lowest BCUT2D eigenvalue weighted by Crippen LogP contribution is -2.20. The number of aryl methyl sites for hydroxylation is 1. The Morgan fingerprint density at radius 2 is 2.20 bits per heavy atom. The van der Waals surface area contributed by atoms with Gasteiger partial charge in [-0.15, -0.1) is 0 Å². The van der Waals surface area contributed by atoms with E-state index in [0.29, 0.717) is 16.6 Å². The molecule has 104 valence electrons. The molecule has 0 atom stereocenters. The molecular formula is C14H12BrClN2O2. The van der Waals surface area contributed by atoms with Crippen LogP contribution < -0.4 is 10.1 Å². The molecule has 1 amide bonds. The number of carbonyl (C=O) groups excluding carboxylic acids is 1. The number of carbonyl (C=O) groups is 1. The van der Waals surface area contributed by atoms with Crippen LogP contribution in [0.5, 0.6) is 5.75 Å². The number of benzene rings is 1. The molecule has 0 aliphatic heterocycles. The number of halogens is 2. The highest BCUT2D eigenvalue weighted by atomic mass is 79.9. The Morgan fingerprint density at radius 3 is 2.90 bits per heavy atom. The molecule has 1 aromatic carbocycles. The van der Waals surface area contributed by atoms with Crippen LogP contribution in [0.1, 0.15) is 5.56 Å². The maximum absolute atomic E-state index is 11.7. The molecule has 0 unspecified atom stereocenters. The van der Waals surface area contributed by atoms with Crippen molar-refractivity contribution in [1.29, 1.82) is 0 Å². The average molecular weight is 356 g/mol. The minimum Gasteiger partial charge on any atom is -0.482 e. The van der Waals surface area contributed by atoms with Gasteiger partial charge in [-0.25, -0.2) is 4.98 Å². The number of aromatic nitrogens is 1. The topological polar surface area (TPSA) is 51.2 Å². The Kier molecular flexibility index (Phi) is 4.98. The van der Waals surface area contributed by atoms with Crippen molar-refractivity contribution in [3.8, 4) is 5.75 Å². The van der Waals surface area contributed by atoms with Gasteiger partial charge in [0.2, 0.25) is 0 Å². The Hall–Kier alpha value is -1.59. The molecule has 6 heteroatoms. The van der Waals surface area contributed by atoms with E-state index >= 15 is 0 Å². The summed E-state index contributed by atoms with van der Waals surface area (Å²) in [6, 6.07) is 8.83. The summed E-state index contributed by atoms with van der Waals surface area (Å²) >= 11 is 9.29. The number of ether oxygens (including phenoxy) is 1. The van der Waals surface area contributed by atoms with E-state index in [1.165, 1.54) is 0 Å². The smallest absolute Gasteiger partial charge is 0.263 e. The number of hydrogen-bond acceptors (Lipinski definition) is 3. The standard InChI is InChI=1S/C14H12BrClN2O2/c1-9-4-5-17-13(6-9)18-14(19)8-20-12-3-2-10(15)7-11(12)16/h2-7H,8H2,1H3,(H,17,18,19). The van der Waals surface area contributed by atoms with Crippen LogP contribution in [0.3, 0.4) is 0 Å². The highest BCUT2D eigenvalue weighted by Crippen LogP contribution is 2.27. The number of amides is 1. The fourth-order valence-corrected chi connectivity index (χ4v) is 2.25. The van der Waals surface area contributed by atoms with E-state index in [4.69, 9.17) is 16.3 Å². The van der Waals surface area contributed by atoms with Crippen molar-refractivity contribution in [3.63, 3.8) is 0 Å². The summed E-state index contributed by atoms with van der Waals surface area (Å²) in [6.45, 7) is 1.80. The second-order valence-corrected chi connectivity index (χ2v) is 5.45. The van der Waals surface area contributed by atoms with Crippen molar-refractivity contribution >= 4 is 39.3 Å². The third-order valence-electron chi connectivity index (χ3n) is 2.44. The predicted octanol–water partition coefficient (Wildman–Crippen LogP) is 3.82. The molecule has 1 aromatic heterocycles. The van der Waals surface area contributed by atoms with Crippen LogP contribution in [-0.2, 0) is 4.79 Å². The van der Waals surface area contributed by atoms with Gasteiger partial charge in [-0.2, -0.15) is 0 Å². The van der Waals surface area contributed by atoms with Crippen molar-refractivity contribution in [2.24, 2.45) is 0 Å². The van der Waals surface area contributed by atoms with Gasteiger partial charge in [0.1, 0.15) is 11.6 Å². The van der Waals surface area contributed by atoms with Gasteiger partial charge in [0, 0.05) is 10.7 Å². The number of anilines is 1. The lowest BCUT2D eigenvalue weighted by atomic mass is 10.3. The van der Waals surface area contributed by atoms with E-state index in [1.807, 2.05) is 13.0 Å². The normalized spacial score (nSPS) is 10.2. The van der Waals surface area contributed by atoms with Crippen molar-refractivity contribution in [2.75, 3.05) is 11.9 Å². The highest BCUT2D eigenvalue weighted by Gasteiger charge is 2.07. The van der Waals surface area contributed by atoms with Gasteiger partial charge in [-0.05, 0) is 42.8 Å². The Bertz CT molecular complexity index is 634. The molecule has 20 heavy (non-hydrogen) atoms. The van der Waals surface area contributed by atoms with Crippen LogP contribution >= 0.6 is 27.5 Å². The number of nitrogens with zero attached hydrogens (tertiary/aromatic N) is 1. The lowest BCUT2D eigenvalue weighted by Gasteiger charge is -2.08. The van der Waals surface area contributed by atoms with Crippen LogP contribution in [0.25, 0.3) is 0 Å². The summed E-state index contributed by atoms with van der Waals surface area (Å²) in [6.07, 6.45) is 1.64. The monoisotopic (exact) mass is 354 g/mol. The van der Waals surface area contributed by atoms with Gasteiger partial charge in [0.05, 0.1) is 5.02 Å². The number of hydrogen-bond donors (Lipinski definition) is 1. The molecule has 1 heterocycles. The molecule has 0 saturated heterocycles. The van der Waals surface area contributed by atoms with Crippen molar-refractivity contribution < 1.29 is 9.53 Å². The van der Waals surface area contributed by atoms with Gasteiger partial charge >= 0.3 is 0 Å². The second kappa shape index (κ2) is 6.72. The highest BCUT2D eigenvalue weighted by molar-refractivity contribution is 9.10. The fourth-order valence-electron chi connectivity index (χ4n) is 1.52. The summed E-state index contributed by atoms with van der Waals surface area (Å²) in [4.78, 5) is 15.8. The van der Waals surface area contributed by atoms with Gasteiger partial charge < -0.3 is 10.1 Å². The molecule has 0 aliphatic carbocycles. The SMILES string of the molecule is Cc1ccnc(NC(=O)COc2ccc(Br)cc2Cl)c1. The third-order valence-corrected chi connectivity index (χ3v) is 3.22. The quantitative estimate of drug-likeness (QED) is 0.907. The molecule has 2 rings (SSSR count). The van der Waals surface area contributed by atoms with Crippen LogP contribution in [0, 0.1) is 6.92 Å². The Labute approximate surface area is 130 Å². The maximum atomic E-state index is 11.7. The molecule has 1 N–H and O–H groups in total. The Morgan fingerprint density at radius 1 is 1.40 bits per heavy atom. The first-order valence-corrected chi connectivity index (χ1v) is 7.02. The fraction of sp³-hybridized carbons (Fsp3) is 0.143. The summed E-state index contributed by atoms with van der Waals surface area (Å²) in [5.74, 6) is 0.671. The molecule has 0 aliphatic rings. The summed E-state index contributed by atoms with van der Waals surface area (Å²) in [7, 11) is 0. The van der Waals surface area contributed by atoms with Crippen molar-refractivity contribution in [2.45, 2.75) is 6.92 Å². The third kappa shape index (κ3) is 4.21. The van der Waals surface area contributed by atoms with E-state index in [-0.39, 0.29) is 12.5 Å². The van der Waals surface area contributed by atoms with E-state index in [2.05, 4.69) is 26.2 Å². The molecule has 0 fully saturated rings. The number of nitrogens with one attached hydrogen (secondary N) is 1. The van der Waals surface area contributed by atoms with Gasteiger partial charge in [-0.3, -0.25) is 4.79 Å². The minimum atomic E-state index is -0.290. The zero-order valence-electron chi connectivity index (χ0n) is 10.7. The molecule has 4 nitrogen and oxygen atoms in total. The second-order valence-electron chi connectivity index (χ2n) is 4.13. The van der Waals surface area contributed by atoms with Crippen LogP contribution in [0.4, 0.5) is 5.82 Å². The van der Waals surface area contributed by atoms with E-state index < -0.39 is 0 Å². The van der Waals surface area contributed by atoms with Gasteiger partial charge in [0.15, 0.2) is 6.61 Å². The molecule has 0 spiro atoms. The lowest BCUT2D eigenvalue weighted by molar-refractivity contribution is -0.118. The molecular weight excluding hydrogens is 344 g/mol. The maximum Gasteiger partial charge on any atom is 0.263 e.